The molecule has 2 aromatic carbocycles. The average Bonchev–Trinajstić information content (AvgIpc) is 3.14. The number of aryl methyl sites for hydroxylation is 1. The molecule has 29 heavy (non-hydrogen) atoms. The van der Waals surface area contributed by atoms with Gasteiger partial charge in [0.1, 0.15) is 0 Å². The van der Waals surface area contributed by atoms with E-state index >= 15 is 0 Å². The summed E-state index contributed by atoms with van der Waals surface area (Å²) >= 11 is 0. The molecule has 2 amide bonds. The molecule has 0 aliphatic carbocycles. The Morgan fingerprint density at radius 2 is 1.79 bits per heavy atom. The summed E-state index contributed by atoms with van der Waals surface area (Å²) in [5.41, 5.74) is 1.93. The van der Waals surface area contributed by atoms with Crippen molar-refractivity contribution >= 4 is 23.5 Å². The molecule has 9 nitrogen and oxygen atoms in total. The van der Waals surface area contributed by atoms with Crippen LogP contribution in [-0.4, -0.2) is 46.4 Å². The molecule has 0 spiro atoms. The normalized spacial score (nSPS) is 10.3. The Labute approximate surface area is 166 Å². The maximum absolute atomic E-state index is 12.3. The summed E-state index contributed by atoms with van der Waals surface area (Å²) in [6.07, 6.45) is 0. The molecule has 3 rings (SSSR count). The second-order valence-electron chi connectivity index (χ2n) is 6.04. The first-order valence-corrected chi connectivity index (χ1v) is 8.76. The number of anilines is 1. The third-order valence-corrected chi connectivity index (χ3v) is 3.93. The number of esters is 1. The first kappa shape index (κ1) is 19.7. The summed E-state index contributed by atoms with van der Waals surface area (Å²) in [7, 11) is 1.52. The van der Waals surface area contributed by atoms with Crippen molar-refractivity contribution in [1.82, 2.24) is 20.3 Å². The molecular formula is C20H19N5O4. The lowest BCUT2D eigenvalue weighted by molar-refractivity contribution is -0.119. The molecule has 1 aromatic heterocycles. The highest BCUT2D eigenvalue weighted by atomic mass is 16.5. The number of hydrogen-bond donors (Lipinski definition) is 2. The molecule has 0 radical (unpaired) electrons. The Balaban J connectivity index is 1.60. The van der Waals surface area contributed by atoms with Crippen LogP contribution in [0.1, 0.15) is 26.5 Å². The standard InChI is InChI=1S/C20H19N5O4/c1-13-18(24-25(23-13)16-9-4-3-5-10-16)20(28)29-12-17(26)22-15-8-6-7-14(11-15)19(27)21-2/h3-11H,12H2,1-2H3,(H,21,27)(H,22,26). The van der Waals surface area contributed by atoms with Crippen LogP contribution in [0.25, 0.3) is 5.69 Å². The number of amides is 2. The van der Waals surface area contributed by atoms with Crippen LogP contribution in [0.4, 0.5) is 5.69 Å². The summed E-state index contributed by atoms with van der Waals surface area (Å²) in [6.45, 7) is 1.13. The van der Waals surface area contributed by atoms with Crippen LogP contribution >= 0.6 is 0 Å². The van der Waals surface area contributed by atoms with E-state index in [2.05, 4.69) is 20.8 Å². The van der Waals surface area contributed by atoms with Crippen molar-refractivity contribution in [3.63, 3.8) is 0 Å². The minimum atomic E-state index is -0.751. The van der Waals surface area contributed by atoms with Gasteiger partial charge >= 0.3 is 5.97 Å². The van der Waals surface area contributed by atoms with E-state index in [1.54, 1.807) is 37.3 Å². The zero-order valence-corrected chi connectivity index (χ0v) is 15.9. The van der Waals surface area contributed by atoms with Gasteiger partial charge in [0.25, 0.3) is 11.8 Å². The molecule has 3 aromatic rings. The maximum Gasteiger partial charge on any atom is 0.361 e. The van der Waals surface area contributed by atoms with Gasteiger partial charge in [-0.2, -0.15) is 9.90 Å². The molecule has 0 aliphatic heterocycles. The van der Waals surface area contributed by atoms with E-state index in [1.807, 2.05) is 18.2 Å². The number of para-hydroxylation sites is 1. The lowest BCUT2D eigenvalue weighted by atomic mass is 10.2. The Hall–Kier alpha value is -4.01. The highest BCUT2D eigenvalue weighted by molar-refractivity contribution is 5.98. The SMILES string of the molecule is CNC(=O)c1cccc(NC(=O)COC(=O)c2nn(-c3ccccc3)nc2C)c1. The molecule has 148 valence electrons. The van der Waals surface area contributed by atoms with Crippen molar-refractivity contribution in [2.45, 2.75) is 6.92 Å². The number of ether oxygens (including phenoxy) is 1. The van der Waals surface area contributed by atoms with E-state index in [1.165, 1.54) is 17.9 Å². The van der Waals surface area contributed by atoms with Gasteiger partial charge < -0.3 is 15.4 Å². The number of aromatic nitrogens is 3. The van der Waals surface area contributed by atoms with Crippen LogP contribution in [0, 0.1) is 6.92 Å². The van der Waals surface area contributed by atoms with Gasteiger partial charge in [-0.05, 0) is 37.3 Å². The number of carbonyl (C=O) groups is 3. The third-order valence-electron chi connectivity index (χ3n) is 3.93. The lowest BCUT2D eigenvalue weighted by Crippen LogP contribution is -2.22. The summed E-state index contributed by atoms with van der Waals surface area (Å²) < 4.78 is 5.04. The van der Waals surface area contributed by atoms with E-state index in [0.717, 1.165) is 0 Å². The Morgan fingerprint density at radius 1 is 1.03 bits per heavy atom. The number of nitrogens with zero attached hydrogens (tertiary/aromatic N) is 3. The van der Waals surface area contributed by atoms with Gasteiger partial charge in [0.15, 0.2) is 12.3 Å². The fourth-order valence-corrected chi connectivity index (χ4v) is 2.52. The van der Waals surface area contributed by atoms with E-state index < -0.39 is 18.5 Å². The third kappa shape index (κ3) is 4.83. The van der Waals surface area contributed by atoms with Gasteiger partial charge in [-0.25, -0.2) is 4.79 Å². The monoisotopic (exact) mass is 393 g/mol. The molecule has 0 saturated carbocycles. The number of benzene rings is 2. The Morgan fingerprint density at radius 3 is 2.52 bits per heavy atom. The zero-order valence-electron chi connectivity index (χ0n) is 15.9. The van der Waals surface area contributed by atoms with Crippen LogP contribution in [-0.2, 0) is 9.53 Å². The molecule has 0 unspecified atom stereocenters. The number of carbonyl (C=O) groups excluding carboxylic acids is 3. The molecule has 2 N–H and O–H groups in total. The van der Waals surface area contributed by atoms with E-state index in [0.29, 0.717) is 22.6 Å². The number of hydrogen-bond acceptors (Lipinski definition) is 6. The molecule has 0 atom stereocenters. The van der Waals surface area contributed by atoms with E-state index in [9.17, 15) is 14.4 Å². The summed E-state index contributed by atoms with van der Waals surface area (Å²) in [4.78, 5) is 37.3. The molecule has 9 heteroatoms. The smallest absolute Gasteiger partial charge is 0.361 e. The average molecular weight is 393 g/mol. The fraction of sp³-hybridized carbons (Fsp3) is 0.150. The fourth-order valence-electron chi connectivity index (χ4n) is 2.52. The van der Waals surface area contributed by atoms with Crippen molar-refractivity contribution in [1.29, 1.82) is 0 Å². The van der Waals surface area contributed by atoms with E-state index in [4.69, 9.17) is 4.74 Å². The Kier molecular flexibility index (Phi) is 5.98. The molecular weight excluding hydrogens is 374 g/mol. The van der Waals surface area contributed by atoms with Crippen LogP contribution in [0.2, 0.25) is 0 Å². The minimum absolute atomic E-state index is 0.0308. The van der Waals surface area contributed by atoms with Crippen molar-refractivity contribution in [3.05, 3.63) is 71.5 Å². The second kappa shape index (κ2) is 8.79. The number of rotatable bonds is 6. The predicted molar refractivity (Wildman–Crippen MR) is 105 cm³/mol. The van der Waals surface area contributed by atoms with Crippen LogP contribution in [0.5, 0.6) is 0 Å². The molecule has 0 bridgehead atoms. The zero-order chi connectivity index (χ0) is 20.8. The van der Waals surface area contributed by atoms with Crippen molar-refractivity contribution in [2.24, 2.45) is 0 Å². The Bertz CT molecular complexity index is 1050. The van der Waals surface area contributed by atoms with Gasteiger partial charge in [-0.1, -0.05) is 24.3 Å². The highest BCUT2D eigenvalue weighted by Crippen LogP contribution is 2.12. The quantitative estimate of drug-likeness (QED) is 0.617. The van der Waals surface area contributed by atoms with Gasteiger partial charge in [-0.15, -0.1) is 5.10 Å². The van der Waals surface area contributed by atoms with Gasteiger partial charge in [0.2, 0.25) is 0 Å². The van der Waals surface area contributed by atoms with Crippen molar-refractivity contribution < 1.29 is 19.1 Å². The van der Waals surface area contributed by atoms with Gasteiger partial charge in [0, 0.05) is 18.3 Å². The summed E-state index contributed by atoms with van der Waals surface area (Å²) in [6, 6.07) is 15.5. The number of nitrogens with one attached hydrogen (secondary N) is 2. The van der Waals surface area contributed by atoms with Crippen molar-refractivity contribution in [3.8, 4) is 5.69 Å². The lowest BCUT2D eigenvalue weighted by Gasteiger charge is -2.07. The van der Waals surface area contributed by atoms with Crippen molar-refractivity contribution in [2.75, 3.05) is 19.0 Å². The maximum atomic E-state index is 12.3. The topological polar surface area (TPSA) is 115 Å². The summed E-state index contributed by atoms with van der Waals surface area (Å²) in [5.74, 6) is -1.57. The molecule has 1 heterocycles. The minimum Gasteiger partial charge on any atom is -0.451 e. The van der Waals surface area contributed by atoms with E-state index in [-0.39, 0.29) is 11.6 Å². The molecule has 0 saturated heterocycles. The van der Waals surface area contributed by atoms with Crippen LogP contribution in [0.3, 0.4) is 0 Å². The largest absolute Gasteiger partial charge is 0.451 e. The molecule has 0 fully saturated rings. The predicted octanol–water partition coefficient (Wildman–Crippen LogP) is 1.73. The highest BCUT2D eigenvalue weighted by Gasteiger charge is 2.19. The first-order valence-electron chi connectivity index (χ1n) is 8.76. The summed E-state index contributed by atoms with van der Waals surface area (Å²) in [5, 5.41) is 13.4. The van der Waals surface area contributed by atoms with Gasteiger partial charge in [-0.3, -0.25) is 9.59 Å². The van der Waals surface area contributed by atoms with Crippen LogP contribution < -0.4 is 10.6 Å². The van der Waals surface area contributed by atoms with Gasteiger partial charge in [0.05, 0.1) is 11.4 Å². The molecule has 0 aliphatic rings. The second-order valence-corrected chi connectivity index (χ2v) is 6.04. The first-order chi connectivity index (χ1) is 14.0. The van der Waals surface area contributed by atoms with Crippen LogP contribution in [0.15, 0.2) is 54.6 Å².